The second-order valence-corrected chi connectivity index (χ2v) is 5.80. The summed E-state index contributed by atoms with van der Waals surface area (Å²) < 4.78 is 10.1. The van der Waals surface area contributed by atoms with Crippen LogP contribution >= 0.6 is 11.8 Å². The summed E-state index contributed by atoms with van der Waals surface area (Å²) in [6, 6.07) is 3.53. The van der Waals surface area contributed by atoms with Crippen molar-refractivity contribution in [3.8, 4) is 0 Å². The molecule has 1 saturated heterocycles. The van der Waals surface area contributed by atoms with E-state index < -0.39 is 5.97 Å². The fraction of sp³-hybridized carbons (Fsp3) is 0.615. The lowest BCUT2D eigenvalue weighted by atomic mass is 10.3. The molecule has 2 heterocycles. The first-order chi connectivity index (χ1) is 8.72. The molecule has 0 spiro atoms. The van der Waals surface area contributed by atoms with Gasteiger partial charge >= 0.3 is 5.97 Å². The Morgan fingerprint density at radius 1 is 1.61 bits per heavy atom. The van der Waals surface area contributed by atoms with Crippen LogP contribution in [0.5, 0.6) is 0 Å². The number of rotatable bonds is 4. The predicted molar refractivity (Wildman–Crippen MR) is 71.9 cm³/mol. The van der Waals surface area contributed by atoms with Gasteiger partial charge in [-0.15, -0.1) is 0 Å². The molecule has 0 N–H and O–H groups in total. The summed E-state index contributed by atoms with van der Waals surface area (Å²) in [4.78, 5) is 13.7. The molecule has 0 aromatic carbocycles. The smallest absolute Gasteiger partial charge is 0.373 e. The second-order valence-electron chi connectivity index (χ2n) is 4.39. The van der Waals surface area contributed by atoms with E-state index in [9.17, 15) is 4.79 Å². The SMILES string of the molecule is CC[C@H]1CN(Cc2ccc(C(=O)OC)o2)CCS1. The monoisotopic (exact) mass is 269 g/mol. The minimum atomic E-state index is -0.415. The molecule has 1 atom stereocenters. The van der Waals surface area contributed by atoms with Crippen molar-refractivity contribution in [2.75, 3.05) is 26.0 Å². The van der Waals surface area contributed by atoms with Crippen LogP contribution < -0.4 is 0 Å². The quantitative estimate of drug-likeness (QED) is 0.785. The fourth-order valence-electron chi connectivity index (χ4n) is 2.06. The average Bonchev–Trinajstić information content (AvgIpc) is 2.86. The molecule has 0 amide bonds. The lowest BCUT2D eigenvalue weighted by molar-refractivity contribution is 0.0561. The van der Waals surface area contributed by atoms with Gasteiger partial charge in [-0.3, -0.25) is 4.90 Å². The van der Waals surface area contributed by atoms with Crippen molar-refractivity contribution in [2.45, 2.75) is 25.1 Å². The number of esters is 1. The second kappa shape index (κ2) is 6.29. The van der Waals surface area contributed by atoms with Crippen molar-refractivity contribution >= 4 is 17.7 Å². The molecular weight excluding hydrogens is 250 g/mol. The van der Waals surface area contributed by atoms with E-state index in [2.05, 4.69) is 16.6 Å². The van der Waals surface area contributed by atoms with E-state index in [4.69, 9.17) is 4.42 Å². The van der Waals surface area contributed by atoms with Gasteiger partial charge in [-0.05, 0) is 18.6 Å². The number of carbonyl (C=O) groups excluding carboxylic acids is 1. The van der Waals surface area contributed by atoms with E-state index >= 15 is 0 Å². The number of nitrogens with zero attached hydrogens (tertiary/aromatic N) is 1. The molecule has 2 rings (SSSR count). The largest absolute Gasteiger partial charge is 0.463 e. The van der Waals surface area contributed by atoms with Crippen LogP contribution in [0.2, 0.25) is 0 Å². The topological polar surface area (TPSA) is 42.7 Å². The fourth-order valence-corrected chi connectivity index (χ4v) is 3.31. The van der Waals surface area contributed by atoms with E-state index in [1.807, 2.05) is 17.8 Å². The normalized spacial score (nSPS) is 20.9. The molecule has 1 aliphatic rings. The number of furan rings is 1. The van der Waals surface area contributed by atoms with Gasteiger partial charge in [0.1, 0.15) is 5.76 Å². The van der Waals surface area contributed by atoms with Crippen LogP contribution in [0, 0.1) is 0 Å². The highest BCUT2D eigenvalue weighted by atomic mass is 32.2. The zero-order valence-corrected chi connectivity index (χ0v) is 11.7. The van der Waals surface area contributed by atoms with E-state index in [0.29, 0.717) is 5.25 Å². The maximum Gasteiger partial charge on any atom is 0.373 e. The van der Waals surface area contributed by atoms with Crippen molar-refractivity contribution in [1.82, 2.24) is 4.90 Å². The van der Waals surface area contributed by atoms with Crippen molar-refractivity contribution in [3.63, 3.8) is 0 Å². The van der Waals surface area contributed by atoms with Crippen molar-refractivity contribution in [3.05, 3.63) is 23.7 Å². The summed E-state index contributed by atoms with van der Waals surface area (Å²) >= 11 is 2.04. The molecule has 0 bridgehead atoms. The number of thioether (sulfide) groups is 1. The molecular formula is C13H19NO3S. The molecule has 1 fully saturated rings. The van der Waals surface area contributed by atoms with Crippen LogP contribution in [-0.2, 0) is 11.3 Å². The van der Waals surface area contributed by atoms with Gasteiger partial charge in [0.05, 0.1) is 13.7 Å². The third-order valence-corrected chi connectivity index (χ3v) is 4.48. The van der Waals surface area contributed by atoms with Crippen LogP contribution in [-0.4, -0.2) is 42.1 Å². The van der Waals surface area contributed by atoms with Gasteiger partial charge in [0.25, 0.3) is 0 Å². The molecule has 18 heavy (non-hydrogen) atoms. The highest BCUT2D eigenvalue weighted by Gasteiger charge is 2.20. The van der Waals surface area contributed by atoms with Crippen LogP contribution in [0.25, 0.3) is 0 Å². The van der Waals surface area contributed by atoms with Gasteiger partial charge in [-0.1, -0.05) is 6.92 Å². The highest BCUT2D eigenvalue weighted by molar-refractivity contribution is 8.00. The zero-order chi connectivity index (χ0) is 13.0. The minimum Gasteiger partial charge on any atom is -0.463 e. The van der Waals surface area contributed by atoms with Crippen LogP contribution in [0.15, 0.2) is 16.5 Å². The van der Waals surface area contributed by atoms with E-state index in [0.717, 1.165) is 25.4 Å². The van der Waals surface area contributed by atoms with Crippen LogP contribution in [0.3, 0.4) is 0 Å². The molecule has 100 valence electrons. The van der Waals surface area contributed by atoms with Gasteiger partial charge in [0, 0.05) is 24.1 Å². The summed E-state index contributed by atoms with van der Waals surface area (Å²) in [6.45, 7) is 5.17. The van der Waals surface area contributed by atoms with Gasteiger partial charge in [-0.25, -0.2) is 4.79 Å². The predicted octanol–water partition coefficient (Wildman–Crippen LogP) is 2.39. The average molecular weight is 269 g/mol. The summed E-state index contributed by atoms with van der Waals surface area (Å²) in [7, 11) is 1.36. The molecule has 0 unspecified atom stereocenters. The van der Waals surface area contributed by atoms with Crippen molar-refractivity contribution < 1.29 is 13.9 Å². The summed E-state index contributed by atoms with van der Waals surface area (Å²) in [5.74, 6) is 1.87. The standard InChI is InChI=1S/C13H19NO3S/c1-3-11-9-14(6-7-18-11)8-10-4-5-12(17-10)13(15)16-2/h4-5,11H,3,6-9H2,1-2H3/t11-/m0/s1. The molecule has 1 aliphatic heterocycles. The zero-order valence-electron chi connectivity index (χ0n) is 10.8. The Balaban J connectivity index is 1.92. The van der Waals surface area contributed by atoms with E-state index in [-0.39, 0.29) is 5.76 Å². The Morgan fingerprint density at radius 3 is 3.17 bits per heavy atom. The number of hydrogen-bond acceptors (Lipinski definition) is 5. The Morgan fingerprint density at radius 2 is 2.44 bits per heavy atom. The van der Waals surface area contributed by atoms with Crippen molar-refractivity contribution in [2.24, 2.45) is 0 Å². The van der Waals surface area contributed by atoms with Crippen LogP contribution in [0.4, 0.5) is 0 Å². The molecule has 1 aromatic rings. The molecule has 1 aromatic heterocycles. The lowest BCUT2D eigenvalue weighted by Crippen LogP contribution is -2.36. The van der Waals surface area contributed by atoms with Gasteiger partial charge < -0.3 is 9.15 Å². The third-order valence-electron chi connectivity index (χ3n) is 3.11. The van der Waals surface area contributed by atoms with Crippen LogP contribution in [0.1, 0.15) is 29.7 Å². The lowest BCUT2D eigenvalue weighted by Gasteiger charge is -2.31. The Bertz CT molecular complexity index is 405. The highest BCUT2D eigenvalue weighted by Crippen LogP contribution is 2.22. The Labute approximate surface area is 112 Å². The Hall–Kier alpha value is -0.940. The molecule has 4 nitrogen and oxygen atoms in total. The first-order valence-corrected chi connectivity index (χ1v) is 7.28. The number of hydrogen-bond donors (Lipinski definition) is 0. The number of carbonyl (C=O) groups is 1. The summed E-state index contributed by atoms with van der Waals surface area (Å²) in [6.07, 6.45) is 1.20. The third kappa shape index (κ3) is 3.29. The van der Waals surface area contributed by atoms with Gasteiger partial charge in [-0.2, -0.15) is 11.8 Å². The van der Waals surface area contributed by atoms with Gasteiger partial charge in [0.15, 0.2) is 0 Å². The first-order valence-electron chi connectivity index (χ1n) is 6.24. The maximum absolute atomic E-state index is 11.3. The van der Waals surface area contributed by atoms with E-state index in [1.165, 1.54) is 19.3 Å². The van der Waals surface area contributed by atoms with Crippen molar-refractivity contribution in [1.29, 1.82) is 0 Å². The number of ether oxygens (including phenoxy) is 1. The molecule has 0 aliphatic carbocycles. The Kier molecular flexibility index (Phi) is 4.72. The minimum absolute atomic E-state index is 0.283. The van der Waals surface area contributed by atoms with Gasteiger partial charge in [0.2, 0.25) is 5.76 Å². The van der Waals surface area contributed by atoms with E-state index in [1.54, 1.807) is 6.07 Å². The number of methoxy groups -OCH3 is 1. The summed E-state index contributed by atoms with van der Waals surface area (Å²) in [5.41, 5.74) is 0. The molecule has 0 saturated carbocycles. The summed E-state index contributed by atoms with van der Waals surface area (Å²) in [5, 5.41) is 0.716. The maximum atomic E-state index is 11.3. The molecule has 0 radical (unpaired) electrons. The first kappa shape index (κ1) is 13.5. The molecule has 5 heteroatoms.